The molecule has 8 heteroatoms. The third kappa shape index (κ3) is 6.31. The van der Waals surface area contributed by atoms with Gasteiger partial charge in [-0.2, -0.15) is 0 Å². The second kappa shape index (κ2) is 11.0. The monoisotopic (exact) mass is 411 g/mol. The number of hydrogen-bond donors (Lipinski definition) is 5. The molecule has 0 saturated carbocycles. The van der Waals surface area contributed by atoms with Crippen molar-refractivity contribution < 1.29 is 14.7 Å². The normalized spacial score (nSPS) is 11.5. The van der Waals surface area contributed by atoms with Crippen LogP contribution in [0.4, 0.5) is 0 Å². The number of benzene rings is 2. The Balaban J connectivity index is 1.95. The molecule has 0 radical (unpaired) electrons. The van der Waals surface area contributed by atoms with Crippen LogP contribution >= 0.6 is 0 Å². The van der Waals surface area contributed by atoms with Gasteiger partial charge >= 0.3 is 0 Å². The third-order valence-electron chi connectivity index (χ3n) is 4.58. The van der Waals surface area contributed by atoms with Crippen molar-refractivity contribution >= 4 is 17.6 Å². The van der Waals surface area contributed by atoms with Crippen LogP contribution in [0.3, 0.4) is 0 Å². The highest BCUT2D eigenvalue weighted by atomic mass is 16.3. The van der Waals surface area contributed by atoms with Gasteiger partial charge in [0.1, 0.15) is 17.6 Å². The van der Waals surface area contributed by atoms with E-state index in [-0.39, 0.29) is 42.1 Å². The van der Waals surface area contributed by atoms with Crippen molar-refractivity contribution in [1.29, 1.82) is 5.41 Å². The van der Waals surface area contributed by atoms with Crippen molar-refractivity contribution in [2.45, 2.75) is 25.9 Å². The van der Waals surface area contributed by atoms with Crippen molar-refractivity contribution in [1.82, 2.24) is 15.5 Å². The predicted octanol–water partition coefficient (Wildman–Crippen LogP) is 1.49. The van der Waals surface area contributed by atoms with E-state index in [4.69, 9.17) is 11.1 Å². The molecule has 6 N–H and O–H groups in total. The molecule has 2 aromatic carbocycles. The summed E-state index contributed by atoms with van der Waals surface area (Å²) in [6.45, 7) is 2.80. The van der Waals surface area contributed by atoms with E-state index in [9.17, 15) is 14.7 Å². The largest absolute Gasteiger partial charge is 0.507 e. The summed E-state index contributed by atoms with van der Waals surface area (Å²) in [5.41, 5.74) is 7.13. The summed E-state index contributed by atoms with van der Waals surface area (Å²) >= 11 is 0. The first-order chi connectivity index (χ1) is 14.3. The Hall–Kier alpha value is -3.39. The summed E-state index contributed by atoms with van der Waals surface area (Å²) in [7, 11) is 1.60. The van der Waals surface area contributed by atoms with Crippen LogP contribution in [0.25, 0.3) is 0 Å². The molecule has 0 fully saturated rings. The number of amides is 2. The molecule has 0 aromatic heterocycles. The molecule has 0 aliphatic carbocycles. The van der Waals surface area contributed by atoms with Gasteiger partial charge < -0.3 is 26.4 Å². The molecule has 160 valence electrons. The Kier molecular flexibility index (Phi) is 8.37. The Morgan fingerprint density at radius 3 is 2.50 bits per heavy atom. The topological polar surface area (TPSA) is 132 Å². The number of nitrogens with one attached hydrogen (secondary N) is 3. The summed E-state index contributed by atoms with van der Waals surface area (Å²) in [6, 6.07) is 13.6. The number of carbonyl (C=O) groups excluding carboxylic acids is 2. The highest BCUT2D eigenvalue weighted by Crippen LogP contribution is 2.18. The first kappa shape index (κ1) is 22.9. The summed E-state index contributed by atoms with van der Waals surface area (Å²) < 4.78 is 0. The quantitative estimate of drug-likeness (QED) is 0.299. The lowest BCUT2D eigenvalue weighted by Gasteiger charge is -2.24. The number of carbonyl (C=O) groups is 2. The number of aromatic hydroxyl groups is 1. The van der Waals surface area contributed by atoms with Crippen LogP contribution in [0.1, 0.15) is 36.1 Å². The van der Waals surface area contributed by atoms with Crippen LogP contribution in [0, 0.1) is 5.41 Å². The zero-order valence-electron chi connectivity index (χ0n) is 17.3. The SMILES string of the molecule is CCCN[C@@H](C(=O)N(C)CC(=O)NCc1ccc(C(=N)N)c(O)c1)c1ccccc1. The Morgan fingerprint density at radius 1 is 1.20 bits per heavy atom. The molecule has 2 amide bonds. The summed E-state index contributed by atoms with van der Waals surface area (Å²) in [5.74, 6) is -0.848. The number of nitrogens with two attached hydrogens (primary N) is 1. The van der Waals surface area contributed by atoms with Gasteiger partial charge in [-0.05, 0) is 36.2 Å². The van der Waals surface area contributed by atoms with Crippen LogP contribution in [0.5, 0.6) is 5.75 Å². The summed E-state index contributed by atoms with van der Waals surface area (Å²) in [4.78, 5) is 26.6. The lowest BCUT2D eigenvalue weighted by atomic mass is 10.1. The van der Waals surface area contributed by atoms with E-state index in [0.29, 0.717) is 12.1 Å². The van der Waals surface area contributed by atoms with Gasteiger partial charge in [0, 0.05) is 13.6 Å². The van der Waals surface area contributed by atoms with Crippen molar-refractivity contribution in [3.63, 3.8) is 0 Å². The Bertz CT molecular complexity index is 886. The van der Waals surface area contributed by atoms with Gasteiger partial charge in [-0.15, -0.1) is 0 Å². The minimum atomic E-state index is -0.514. The average Bonchev–Trinajstić information content (AvgIpc) is 2.73. The van der Waals surface area contributed by atoms with Crippen LogP contribution in [-0.4, -0.2) is 47.8 Å². The Labute approximate surface area is 176 Å². The average molecular weight is 412 g/mol. The number of likely N-dealkylation sites (N-methyl/N-ethyl adjacent to an activating group) is 1. The maximum Gasteiger partial charge on any atom is 0.244 e. The molecular weight excluding hydrogens is 382 g/mol. The fourth-order valence-electron chi connectivity index (χ4n) is 2.97. The molecule has 0 bridgehead atoms. The van der Waals surface area contributed by atoms with E-state index in [1.54, 1.807) is 13.1 Å². The second-order valence-corrected chi connectivity index (χ2v) is 7.03. The molecule has 0 aliphatic heterocycles. The Morgan fingerprint density at radius 2 is 1.90 bits per heavy atom. The molecule has 0 heterocycles. The molecule has 0 unspecified atom stereocenters. The van der Waals surface area contributed by atoms with E-state index in [0.717, 1.165) is 12.0 Å². The molecular formula is C22H29N5O3. The van der Waals surface area contributed by atoms with Crippen LogP contribution in [0.2, 0.25) is 0 Å². The van der Waals surface area contributed by atoms with Gasteiger partial charge in [0.05, 0.1) is 12.1 Å². The molecule has 2 aromatic rings. The fraction of sp³-hybridized carbons (Fsp3) is 0.318. The zero-order valence-corrected chi connectivity index (χ0v) is 17.3. The molecule has 8 nitrogen and oxygen atoms in total. The summed E-state index contributed by atoms with van der Waals surface area (Å²) in [6.07, 6.45) is 0.885. The van der Waals surface area contributed by atoms with E-state index in [1.807, 2.05) is 37.3 Å². The van der Waals surface area contributed by atoms with E-state index < -0.39 is 6.04 Å². The number of hydrogen-bond acceptors (Lipinski definition) is 5. The van der Waals surface area contributed by atoms with Gasteiger partial charge in [-0.25, -0.2) is 0 Å². The molecule has 0 aliphatic rings. The second-order valence-electron chi connectivity index (χ2n) is 7.03. The molecule has 2 rings (SSSR count). The van der Waals surface area contributed by atoms with E-state index >= 15 is 0 Å². The highest BCUT2D eigenvalue weighted by molar-refractivity contribution is 5.97. The fourth-order valence-corrected chi connectivity index (χ4v) is 2.97. The number of rotatable bonds is 10. The van der Waals surface area contributed by atoms with Gasteiger partial charge in [0.25, 0.3) is 0 Å². The molecule has 0 spiro atoms. The smallest absolute Gasteiger partial charge is 0.244 e. The molecule has 0 saturated heterocycles. The first-order valence-electron chi connectivity index (χ1n) is 9.79. The molecule has 1 atom stereocenters. The van der Waals surface area contributed by atoms with Gasteiger partial charge in [-0.3, -0.25) is 15.0 Å². The lowest BCUT2D eigenvalue weighted by molar-refractivity contribution is -0.136. The zero-order chi connectivity index (χ0) is 22.1. The number of phenols is 1. The standard InChI is InChI=1S/C22H29N5O3/c1-3-11-25-20(16-7-5-4-6-8-16)22(30)27(2)14-19(29)26-13-15-9-10-17(21(23)24)18(28)12-15/h4-10,12,20,25,28H,3,11,13-14H2,1-2H3,(H3,23,24)(H,26,29)/t20-/m1/s1. The predicted molar refractivity (Wildman–Crippen MR) is 116 cm³/mol. The number of amidine groups is 1. The summed E-state index contributed by atoms with van der Waals surface area (Å²) in [5, 5.41) is 23.2. The van der Waals surface area contributed by atoms with E-state index in [2.05, 4.69) is 10.6 Å². The maximum absolute atomic E-state index is 12.9. The van der Waals surface area contributed by atoms with Gasteiger partial charge in [0.15, 0.2) is 0 Å². The maximum atomic E-state index is 12.9. The van der Waals surface area contributed by atoms with Gasteiger partial charge in [0.2, 0.25) is 11.8 Å². The number of phenolic OH excluding ortho intramolecular Hbond substituents is 1. The lowest BCUT2D eigenvalue weighted by Crippen LogP contribution is -2.43. The third-order valence-corrected chi connectivity index (χ3v) is 4.58. The van der Waals surface area contributed by atoms with Crippen molar-refractivity contribution in [3.8, 4) is 5.75 Å². The van der Waals surface area contributed by atoms with Crippen molar-refractivity contribution in [2.75, 3.05) is 20.1 Å². The van der Waals surface area contributed by atoms with Crippen LogP contribution < -0.4 is 16.4 Å². The van der Waals surface area contributed by atoms with Gasteiger partial charge in [-0.1, -0.05) is 43.3 Å². The number of nitrogens with zero attached hydrogens (tertiary/aromatic N) is 1. The first-order valence-corrected chi connectivity index (χ1v) is 9.79. The molecule has 30 heavy (non-hydrogen) atoms. The van der Waals surface area contributed by atoms with E-state index in [1.165, 1.54) is 17.0 Å². The minimum absolute atomic E-state index is 0.0898. The minimum Gasteiger partial charge on any atom is -0.507 e. The van der Waals surface area contributed by atoms with Crippen molar-refractivity contribution in [2.24, 2.45) is 5.73 Å². The highest BCUT2D eigenvalue weighted by Gasteiger charge is 2.24. The number of nitrogen functional groups attached to an aromatic ring is 1. The van der Waals surface area contributed by atoms with Crippen molar-refractivity contribution in [3.05, 3.63) is 65.2 Å². The van der Waals surface area contributed by atoms with Crippen LogP contribution in [-0.2, 0) is 16.1 Å². The van der Waals surface area contributed by atoms with Crippen LogP contribution in [0.15, 0.2) is 48.5 Å².